The molecule has 1 fully saturated rings. The first kappa shape index (κ1) is 16.8. The van der Waals surface area contributed by atoms with Gasteiger partial charge in [0.05, 0.1) is 5.75 Å². The van der Waals surface area contributed by atoms with Crippen molar-refractivity contribution in [2.45, 2.75) is 50.2 Å². The minimum Gasteiger partial charge on any atom is -0.325 e. The summed E-state index contributed by atoms with van der Waals surface area (Å²) < 4.78 is 1.65. The largest absolute Gasteiger partial charge is 0.344 e. The lowest BCUT2D eigenvalue weighted by Gasteiger charge is -2.07. The van der Waals surface area contributed by atoms with Crippen LogP contribution in [0.4, 0.5) is 5.69 Å². The molecule has 6 nitrogen and oxygen atoms in total. The van der Waals surface area contributed by atoms with Crippen LogP contribution in [-0.2, 0) is 11.2 Å². The molecule has 0 aliphatic heterocycles. The van der Waals surface area contributed by atoms with Gasteiger partial charge in [-0.05, 0) is 43.4 Å². The van der Waals surface area contributed by atoms with Crippen molar-refractivity contribution in [2.75, 3.05) is 11.1 Å². The van der Waals surface area contributed by atoms with E-state index in [1.54, 1.807) is 4.57 Å². The third-order valence-corrected chi connectivity index (χ3v) is 4.93. The van der Waals surface area contributed by atoms with Crippen molar-refractivity contribution in [1.82, 2.24) is 14.8 Å². The molecular weight excluding hydrogens is 324 g/mol. The number of unbranched alkanes of at least 4 members (excludes halogenated alkanes) is 1. The SMILES string of the molecule is CCCCc1ccc(NC(=O)CSc2n[nH]c(=O)n2C2CC2)cc1. The van der Waals surface area contributed by atoms with Crippen molar-refractivity contribution < 1.29 is 4.79 Å². The monoisotopic (exact) mass is 346 g/mol. The summed E-state index contributed by atoms with van der Waals surface area (Å²) in [7, 11) is 0. The van der Waals surface area contributed by atoms with E-state index in [0.29, 0.717) is 5.16 Å². The number of anilines is 1. The lowest BCUT2D eigenvalue weighted by Crippen LogP contribution is -2.17. The molecule has 1 aromatic carbocycles. The third kappa shape index (κ3) is 4.29. The van der Waals surface area contributed by atoms with Crippen LogP contribution in [0.3, 0.4) is 0 Å². The average Bonchev–Trinajstić information content (AvgIpc) is 3.35. The second-order valence-corrected chi connectivity index (χ2v) is 6.99. The van der Waals surface area contributed by atoms with Gasteiger partial charge in [-0.3, -0.25) is 9.36 Å². The molecule has 0 saturated heterocycles. The van der Waals surface area contributed by atoms with Gasteiger partial charge in [0, 0.05) is 11.7 Å². The number of rotatable bonds is 8. The molecular formula is C17H22N4O2S. The van der Waals surface area contributed by atoms with Crippen LogP contribution in [-0.4, -0.2) is 26.4 Å². The lowest BCUT2D eigenvalue weighted by molar-refractivity contribution is -0.113. The van der Waals surface area contributed by atoms with E-state index in [-0.39, 0.29) is 23.4 Å². The van der Waals surface area contributed by atoms with E-state index in [1.165, 1.54) is 30.2 Å². The first-order chi connectivity index (χ1) is 11.7. The fraction of sp³-hybridized carbons (Fsp3) is 0.471. The number of H-pyrrole nitrogens is 1. The number of hydrogen-bond donors (Lipinski definition) is 2. The summed E-state index contributed by atoms with van der Waals surface area (Å²) in [5, 5.41) is 9.94. The maximum absolute atomic E-state index is 12.1. The van der Waals surface area contributed by atoms with E-state index in [1.807, 2.05) is 12.1 Å². The van der Waals surface area contributed by atoms with Gasteiger partial charge in [0.2, 0.25) is 5.91 Å². The Labute approximate surface area is 145 Å². The molecule has 0 spiro atoms. The molecule has 1 amide bonds. The second kappa shape index (κ2) is 7.70. The average molecular weight is 346 g/mol. The summed E-state index contributed by atoms with van der Waals surface area (Å²) in [5.41, 5.74) is 1.89. The van der Waals surface area contributed by atoms with Crippen LogP contribution in [0.5, 0.6) is 0 Å². The maximum atomic E-state index is 12.1. The van der Waals surface area contributed by atoms with Crippen molar-refractivity contribution >= 4 is 23.4 Å². The fourth-order valence-corrected chi connectivity index (χ4v) is 3.32. The molecule has 0 radical (unpaired) electrons. The van der Waals surface area contributed by atoms with Crippen molar-refractivity contribution in [2.24, 2.45) is 0 Å². The molecule has 24 heavy (non-hydrogen) atoms. The molecule has 7 heteroatoms. The molecule has 1 saturated carbocycles. The highest BCUT2D eigenvalue weighted by molar-refractivity contribution is 7.99. The van der Waals surface area contributed by atoms with Gasteiger partial charge in [0.1, 0.15) is 0 Å². The zero-order valence-corrected chi connectivity index (χ0v) is 14.6. The molecule has 1 aromatic heterocycles. The highest BCUT2D eigenvalue weighted by Gasteiger charge is 2.28. The first-order valence-electron chi connectivity index (χ1n) is 8.36. The van der Waals surface area contributed by atoms with Gasteiger partial charge in [-0.25, -0.2) is 9.89 Å². The summed E-state index contributed by atoms with van der Waals surface area (Å²) in [6, 6.07) is 8.22. The van der Waals surface area contributed by atoms with Crippen molar-refractivity contribution in [1.29, 1.82) is 0 Å². The summed E-state index contributed by atoms with van der Waals surface area (Å²) in [4.78, 5) is 23.8. The van der Waals surface area contributed by atoms with Gasteiger partial charge in [0.15, 0.2) is 5.16 Å². The third-order valence-electron chi connectivity index (χ3n) is 3.97. The standard InChI is InChI=1S/C17H22N4O2S/c1-2-3-4-12-5-7-13(8-6-12)18-15(22)11-24-17-20-19-16(23)21(17)14-9-10-14/h5-8,14H,2-4,9-11H2,1H3,(H,18,22)(H,19,23). The Morgan fingerprint density at radius 1 is 1.38 bits per heavy atom. The molecule has 1 heterocycles. The molecule has 2 aromatic rings. The van der Waals surface area contributed by atoms with Gasteiger partial charge in [0.25, 0.3) is 0 Å². The number of aromatic nitrogens is 3. The van der Waals surface area contributed by atoms with E-state index < -0.39 is 0 Å². The molecule has 2 N–H and O–H groups in total. The van der Waals surface area contributed by atoms with E-state index >= 15 is 0 Å². The predicted molar refractivity (Wildman–Crippen MR) is 95.5 cm³/mol. The van der Waals surface area contributed by atoms with Crippen LogP contribution >= 0.6 is 11.8 Å². The minimum atomic E-state index is -0.192. The van der Waals surface area contributed by atoms with Crippen LogP contribution in [0.15, 0.2) is 34.2 Å². The van der Waals surface area contributed by atoms with Crippen LogP contribution in [0.1, 0.15) is 44.2 Å². The van der Waals surface area contributed by atoms with Crippen molar-refractivity contribution in [3.8, 4) is 0 Å². The van der Waals surface area contributed by atoms with E-state index in [4.69, 9.17) is 0 Å². The van der Waals surface area contributed by atoms with E-state index in [9.17, 15) is 9.59 Å². The number of hydrogen-bond acceptors (Lipinski definition) is 4. The number of aryl methyl sites for hydroxylation is 1. The Hall–Kier alpha value is -2.02. The number of nitrogens with one attached hydrogen (secondary N) is 2. The topological polar surface area (TPSA) is 79.8 Å². The number of nitrogens with zero attached hydrogens (tertiary/aromatic N) is 2. The summed E-state index contributed by atoms with van der Waals surface area (Å²) in [6.07, 6.45) is 5.43. The van der Waals surface area contributed by atoms with Crippen LogP contribution in [0, 0.1) is 0 Å². The Morgan fingerprint density at radius 3 is 2.79 bits per heavy atom. The number of thioether (sulfide) groups is 1. The zero-order chi connectivity index (χ0) is 16.9. The van der Waals surface area contributed by atoms with E-state index in [0.717, 1.165) is 24.9 Å². The molecule has 0 atom stereocenters. The summed E-state index contributed by atoms with van der Waals surface area (Å²) in [5.74, 6) is 0.133. The molecule has 0 bridgehead atoms. The van der Waals surface area contributed by atoms with Crippen LogP contribution in [0.25, 0.3) is 0 Å². The number of carbonyl (C=O) groups excluding carboxylic acids is 1. The second-order valence-electron chi connectivity index (χ2n) is 6.05. The highest BCUT2D eigenvalue weighted by Crippen LogP contribution is 2.35. The quantitative estimate of drug-likeness (QED) is 0.720. The van der Waals surface area contributed by atoms with Crippen LogP contribution < -0.4 is 11.0 Å². The summed E-state index contributed by atoms with van der Waals surface area (Å²) >= 11 is 1.29. The van der Waals surface area contributed by atoms with Gasteiger partial charge < -0.3 is 5.32 Å². The van der Waals surface area contributed by atoms with Gasteiger partial charge >= 0.3 is 5.69 Å². The summed E-state index contributed by atoms with van der Waals surface area (Å²) in [6.45, 7) is 2.17. The Morgan fingerprint density at radius 2 is 2.12 bits per heavy atom. The smallest absolute Gasteiger partial charge is 0.325 e. The molecule has 0 unspecified atom stereocenters. The van der Waals surface area contributed by atoms with Crippen molar-refractivity contribution in [3.05, 3.63) is 40.3 Å². The number of amides is 1. The van der Waals surface area contributed by atoms with Gasteiger partial charge in [-0.15, -0.1) is 5.10 Å². The van der Waals surface area contributed by atoms with Gasteiger partial charge in [-0.2, -0.15) is 0 Å². The molecule has 1 aliphatic rings. The minimum absolute atomic E-state index is 0.0981. The Kier molecular flexibility index (Phi) is 5.40. The Balaban J connectivity index is 1.51. The van der Waals surface area contributed by atoms with Gasteiger partial charge in [-0.1, -0.05) is 37.2 Å². The lowest BCUT2D eigenvalue weighted by atomic mass is 10.1. The maximum Gasteiger partial charge on any atom is 0.344 e. The fourth-order valence-electron chi connectivity index (χ4n) is 2.51. The predicted octanol–water partition coefficient (Wildman–Crippen LogP) is 2.98. The zero-order valence-electron chi connectivity index (χ0n) is 13.7. The highest BCUT2D eigenvalue weighted by atomic mass is 32.2. The van der Waals surface area contributed by atoms with E-state index in [2.05, 4.69) is 34.6 Å². The molecule has 3 rings (SSSR count). The molecule has 128 valence electrons. The first-order valence-corrected chi connectivity index (χ1v) is 9.34. The van der Waals surface area contributed by atoms with Crippen molar-refractivity contribution in [3.63, 3.8) is 0 Å². The number of benzene rings is 1. The number of aromatic amines is 1. The van der Waals surface area contributed by atoms with Crippen LogP contribution in [0.2, 0.25) is 0 Å². The molecule has 1 aliphatic carbocycles. The number of carbonyl (C=O) groups is 1. The Bertz CT molecular complexity index is 747. The normalized spacial score (nSPS) is 13.9.